The number of pyridine rings is 1. The van der Waals surface area contributed by atoms with E-state index < -0.39 is 6.43 Å². The first-order valence-corrected chi connectivity index (χ1v) is 10.2. The van der Waals surface area contributed by atoms with Gasteiger partial charge in [0.1, 0.15) is 11.5 Å². The van der Waals surface area contributed by atoms with Gasteiger partial charge in [-0.05, 0) is 48.9 Å². The van der Waals surface area contributed by atoms with E-state index in [-0.39, 0.29) is 11.3 Å². The van der Waals surface area contributed by atoms with Gasteiger partial charge in [0.05, 0.1) is 11.9 Å². The Hall–Kier alpha value is -3.65. The van der Waals surface area contributed by atoms with Crippen molar-refractivity contribution < 1.29 is 8.78 Å². The van der Waals surface area contributed by atoms with Crippen molar-refractivity contribution in [3.63, 3.8) is 0 Å². The Kier molecular flexibility index (Phi) is 5.96. The zero-order valence-electron chi connectivity index (χ0n) is 17.1. The van der Waals surface area contributed by atoms with Crippen LogP contribution in [0.4, 0.5) is 20.3 Å². The van der Waals surface area contributed by atoms with Crippen molar-refractivity contribution in [2.24, 2.45) is 0 Å². The van der Waals surface area contributed by atoms with Gasteiger partial charge in [-0.25, -0.2) is 8.78 Å². The number of rotatable bonds is 6. The number of anilines is 2. The average molecular weight is 453 g/mol. The highest BCUT2D eigenvalue weighted by atomic mass is 35.5. The Morgan fingerprint density at radius 1 is 1.12 bits per heavy atom. The number of benzene rings is 2. The minimum Gasteiger partial charge on any atom is -0.326 e. The van der Waals surface area contributed by atoms with Crippen molar-refractivity contribution in [3.8, 4) is 11.1 Å². The molecule has 0 saturated carbocycles. The molecule has 0 aliphatic rings. The number of hydrogen-bond acceptors (Lipinski definition) is 5. The normalized spacial score (nSPS) is 11.2. The highest BCUT2D eigenvalue weighted by Crippen LogP contribution is 2.33. The molecule has 0 fully saturated rings. The van der Waals surface area contributed by atoms with Crippen molar-refractivity contribution in [1.82, 2.24) is 14.5 Å². The van der Waals surface area contributed by atoms with Crippen molar-refractivity contribution in [2.45, 2.75) is 13.3 Å². The van der Waals surface area contributed by atoms with Crippen LogP contribution in [0.1, 0.15) is 19.0 Å². The van der Waals surface area contributed by atoms with Crippen LogP contribution in [0.15, 0.2) is 60.8 Å². The predicted octanol–water partition coefficient (Wildman–Crippen LogP) is 5.78. The van der Waals surface area contributed by atoms with Gasteiger partial charge in [-0.2, -0.15) is 4.98 Å². The van der Waals surface area contributed by atoms with Gasteiger partial charge in [0.25, 0.3) is 6.43 Å². The maximum Gasteiger partial charge on any atom is 0.280 e. The summed E-state index contributed by atoms with van der Waals surface area (Å²) >= 11 is 6.17. The minimum atomic E-state index is -2.61. The van der Waals surface area contributed by atoms with Crippen molar-refractivity contribution in [1.29, 1.82) is 10.8 Å². The second-order valence-electron chi connectivity index (χ2n) is 6.99. The van der Waals surface area contributed by atoms with E-state index in [4.69, 9.17) is 22.4 Å². The average Bonchev–Trinajstić information content (AvgIpc) is 2.80. The summed E-state index contributed by atoms with van der Waals surface area (Å²) in [5.74, 6) is 0.561. The molecule has 0 aliphatic heterocycles. The molecule has 2 heterocycles. The number of alkyl halides is 2. The van der Waals surface area contributed by atoms with Gasteiger partial charge in [0, 0.05) is 34.4 Å². The molecular weight excluding hydrogens is 434 g/mol. The first-order valence-electron chi connectivity index (χ1n) is 9.82. The highest BCUT2D eigenvalue weighted by molar-refractivity contribution is 6.31. The monoisotopic (exact) mass is 452 g/mol. The summed E-state index contributed by atoms with van der Waals surface area (Å²) in [7, 11) is 0. The SMILES string of the molecule is CCN(c1cccc(-c2ccc(C(F)F)nc2)c1)c1nc(=N)n(C=N)c2cc(Cl)ccc12. The van der Waals surface area contributed by atoms with E-state index in [1.165, 1.54) is 16.8 Å². The number of aromatic nitrogens is 3. The molecular formula is C23H19ClF2N6. The third-order valence-corrected chi connectivity index (χ3v) is 5.34. The fourth-order valence-corrected chi connectivity index (χ4v) is 3.74. The maximum atomic E-state index is 12.8. The number of halogens is 3. The molecule has 4 aromatic rings. The molecule has 2 aromatic heterocycles. The Morgan fingerprint density at radius 3 is 2.59 bits per heavy atom. The van der Waals surface area contributed by atoms with E-state index in [1.807, 2.05) is 42.2 Å². The van der Waals surface area contributed by atoms with Gasteiger partial charge < -0.3 is 4.90 Å². The molecule has 0 amide bonds. The molecule has 4 rings (SSSR count). The second kappa shape index (κ2) is 8.84. The molecule has 0 radical (unpaired) electrons. The van der Waals surface area contributed by atoms with Crippen LogP contribution in [0.2, 0.25) is 5.02 Å². The second-order valence-corrected chi connectivity index (χ2v) is 7.42. The summed E-state index contributed by atoms with van der Waals surface area (Å²) in [6.45, 7) is 2.53. The fourth-order valence-electron chi connectivity index (χ4n) is 3.57. The largest absolute Gasteiger partial charge is 0.326 e. The lowest BCUT2D eigenvalue weighted by Gasteiger charge is -2.25. The summed E-state index contributed by atoms with van der Waals surface area (Å²) < 4.78 is 27.0. The zero-order chi connectivity index (χ0) is 22.8. The predicted molar refractivity (Wildman–Crippen MR) is 122 cm³/mol. The van der Waals surface area contributed by atoms with Gasteiger partial charge in [-0.3, -0.25) is 20.4 Å². The van der Waals surface area contributed by atoms with Gasteiger partial charge in [0.15, 0.2) is 0 Å². The van der Waals surface area contributed by atoms with Crippen molar-refractivity contribution in [3.05, 3.63) is 77.1 Å². The lowest BCUT2D eigenvalue weighted by molar-refractivity contribution is 0.146. The Bertz CT molecular complexity index is 1350. The zero-order valence-corrected chi connectivity index (χ0v) is 17.8. The Morgan fingerprint density at radius 2 is 1.94 bits per heavy atom. The van der Waals surface area contributed by atoms with Crippen molar-refractivity contribution in [2.75, 3.05) is 11.4 Å². The topological polar surface area (TPSA) is 81.7 Å². The number of nitrogens with one attached hydrogen (secondary N) is 2. The standard InChI is InChI=1S/C23H19ClF2N6/c1-2-31(22-18-8-7-16(24)11-20(18)32(13-27)23(28)30-22)17-5-3-4-14(10-17)15-6-9-19(21(25)26)29-12-15/h3-13,21,27-28H,2H2,1H3. The van der Waals surface area contributed by atoms with Crippen LogP contribution in [0.5, 0.6) is 0 Å². The van der Waals surface area contributed by atoms with E-state index in [9.17, 15) is 8.78 Å². The molecule has 0 unspecified atom stereocenters. The van der Waals surface area contributed by atoms with Gasteiger partial charge in [-0.15, -0.1) is 0 Å². The molecule has 9 heteroatoms. The minimum absolute atomic E-state index is 0.0915. The maximum absolute atomic E-state index is 12.8. The molecule has 2 N–H and O–H groups in total. The van der Waals surface area contributed by atoms with Gasteiger partial charge in [0.2, 0.25) is 5.62 Å². The van der Waals surface area contributed by atoms with Crippen LogP contribution in [0, 0.1) is 10.8 Å². The molecule has 0 atom stereocenters. The Labute approximate surface area is 187 Å². The van der Waals surface area contributed by atoms with Crippen LogP contribution >= 0.6 is 11.6 Å². The van der Waals surface area contributed by atoms with E-state index in [2.05, 4.69) is 9.97 Å². The van der Waals surface area contributed by atoms with E-state index in [0.29, 0.717) is 28.5 Å². The third-order valence-electron chi connectivity index (χ3n) is 5.10. The molecule has 0 bridgehead atoms. The lowest BCUT2D eigenvalue weighted by atomic mass is 10.1. The number of nitrogens with zero attached hydrogens (tertiary/aromatic N) is 4. The molecule has 2 aromatic carbocycles. The smallest absolute Gasteiger partial charge is 0.280 e. The first-order chi connectivity index (χ1) is 15.4. The highest BCUT2D eigenvalue weighted by Gasteiger charge is 2.17. The van der Waals surface area contributed by atoms with Crippen LogP contribution < -0.4 is 10.5 Å². The quantitative estimate of drug-likeness (QED) is 0.287. The summed E-state index contributed by atoms with van der Waals surface area (Å²) in [5, 5.41) is 17.2. The van der Waals surface area contributed by atoms with E-state index in [1.54, 1.807) is 18.2 Å². The first kappa shape index (κ1) is 21.6. The molecule has 0 aliphatic carbocycles. The third kappa shape index (κ3) is 3.97. The summed E-state index contributed by atoms with van der Waals surface area (Å²) in [4.78, 5) is 10.2. The van der Waals surface area contributed by atoms with Crippen LogP contribution in [-0.4, -0.2) is 27.4 Å². The van der Waals surface area contributed by atoms with E-state index >= 15 is 0 Å². The summed E-state index contributed by atoms with van der Waals surface area (Å²) in [6.07, 6.45) is -0.144. The van der Waals surface area contributed by atoms with E-state index in [0.717, 1.165) is 23.0 Å². The fraction of sp³-hybridized carbons (Fsp3) is 0.130. The number of hydrogen-bond donors (Lipinski definition) is 2. The van der Waals surface area contributed by atoms with Crippen molar-refractivity contribution >= 4 is 40.3 Å². The van der Waals surface area contributed by atoms with Crippen LogP contribution in [0.3, 0.4) is 0 Å². The molecule has 0 saturated heterocycles. The Balaban J connectivity index is 1.83. The van der Waals surface area contributed by atoms with Crippen LogP contribution in [0.25, 0.3) is 22.0 Å². The molecule has 0 spiro atoms. The van der Waals surface area contributed by atoms with Crippen LogP contribution in [-0.2, 0) is 0 Å². The van der Waals surface area contributed by atoms with Gasteiger partial charge >= 0.3 is 0 Å². The molecule has 6 nitrogen and oxygen atoms in total. The molecule has 162 valence electrons. The molecule has 32 heavy (non-hydrogen) atoms. The lowest BCUT2D eigenvalue weighted by Crippen LogP contribution is -2.28. The number of fused-ring (bicyclic) bond motifs is 1. The summed E-state index contributed by atoms with van der Waals surface area (Å²) in [5.41, 5.74) is 2.60. The van der Waals surface area contributed by atoms with Gasteiger partial charge in [-0.1, -0.05) is 29.8 Å². The summed E-state index contributed by atoms with van der Waals surface area (Å²) in [6, 6.07) is 15.8.